The molecule has 0 aliphatic heterocycles. The molecule has 0 aliphatic carbocycles. The van der Waals surface area contributed by atoms with Gasteiger partial charge in [-0.15, -0.1) is 11.3 Å². The van der Waals surface area contributed by atoms with Gasteiger partial charge in [0.1, 0.15) is 10.7 Å². The fourth-order valence-electron chi connectivity index (χ4n) is 2.81. The Morgan fingerprint density at radius 3 is 2.38 bits per heavy atom. The fourth-order valence-corrected chi connectivity index (χ4v) is 4.32. The lowest BCUT2D eigenvalue weighted by molar-refractivity contribution is 0.0943. The number of nitrogens with one attached hydrogen (secondary N) is 1. The average Bonchev–Trinajstić information content (AvgIpc) is 3.03. The van der Waals surface area contributed by atoms with Crippen LogP contribution >= 0.6 is 11.3 Å². The Morgan fingerprint density at radius 2 is 1.79 bits per heavy atom. The zero-order valence-electron chi connectivity index (χ0n) is 15.8. The van der Waals surface area contributed by atoms with Crippen LogP contribution in [-0.2, 0) is 16.4 Å². The summed E-state index contributed by atoms with van der Waals surface area (Å²) < 4.78 is 35.7. The van der Waals surface area contributed by atoms with Crippen molar-refractivity contribution in [2.24, 2.45) is 5.14 Å². The van der Waals surface area contributed by atoms with E-state index in [-0.39, 0.29) is 22.7 Å². The van der Waals surface area contributed by atoms with Crippen molar-refractivity contribution in [2.45, 2.75) is 31.2 Å². The molecule has 1 atom stereocenters. The molecule has 1 unspecified atom stereocenters. The highest BCUT2D eigenvalue weighted by atomic mass is 32.2. The number of primary sulfonamides is 1. The number of aromatic nitrogens is 1. The number of rotatable bonds is 6. The predicted molar refractivity (Wildman–Crippen MR) is 110 cm³/mol. The highest BCUT2D eigenvalue weighted by Crippen LogP contribution is 2.23. The van der Waals surface area contributed by atoms with Crippen LogP contribution < -0.4 is 10.5 Å². The largest absolute Gasteiger partial charge is 0.345 e. The zero-order valence-corrected chi connectivity index (χ0v) is 17.5. The number of hydrogen-bond donors (Lipinski definition) is 2. The molecule has 6 nitrogen and oxygen atoms in total. The molecular weight excluding hydrogens is 413 g/mol. The minimum Gasteiger partial charge on any atom is -0.345 e. The summed E-state index contributed by atoms with van der Waals surface area (Å²) in [6, 6.07) is 11.9. The Balaban J connectivity index is 1.70. The van der Waals surface area contributed by atoms with E-state index in [9.17, 15) is 17.6 Å². The average molecular weight is 434 g/mol. The van der Waals surface area contributed by atoms with Gasteiger partial charge < -0.3 is 5.32 Å². The highest BCUT2D eigenvalue weighted by molar-refractivity contribution is 7.89. The molecule has 3 N–H and O–H groups in total. The first-order valence-electron chi connectivity index (χ1n) is 8.78. The molecule has 29 heavy (non-hydrogen) atoms. The van der Waals surface area contributed by atoms with E-state index in [4.69, 9.17) is 5.14 Å². The summed E-state index contributed by atoms with van der Waals surface area (Å²) in [5.74, 6) is -0.552. The lowest BCUT2D eigenvalue weighted by Gasteiger charge is -2.14. The number of aryl methyl sites for hydroxylation is 1. The summed E-state index contributed by atoms with van der Waals surface area (Å²) in [6.07, 6.45) is 0.518. The molecule has 1 amide bonds. The van der Waals surface area contributed by atoms with Crippen molar-refractivity contribution >= 4 is 27.3 Å². The van der Waals surface area contributed by atoms with Crippen LogP contribution in [0, 0.1) is 12.7 Å². The van der Waals surface area contributed by atoms with Gasteiger partial charge in [-0.05, 0) is 49.2 Å². The fraction of sp³-hybridized carbons (Fsp3) is 0.200. The van der Waals surface area contributed by atoms with E-state index in [0.717, 1.165) is 16.1 Å². The first-order valence-corrected chi connectivity index (χ1v) is 11.1. The lowest BCUT2D eigenvalue weighted by Crippen LogP contribution is -2.26. The number of halogens is 1. The number of carbonyl (C=O) groups excluding carboxylic acids is 1. The van der Waals surface area contributed by atoms with Crippen molar-refractivity contribution in [2.75, 3.05) is 0 Å². The van der Waals surface area contributed by atoms with E-state index >= 15 is 0 Å². The number of sulfonamides is 1. The summed E-state index contributed by atoms with van der Waals surface area (Å²) in [4.78, 5) is 17.7. The van der Waals surface area contributed by atoms with Gasteiger partial charge in [-0.25, -0.2) is 22.9 Å². The van der Waals surface area contributed by atoms with E-state index in [2.05, 4.69) is 10.3 Å². The second kappa shape index (κ2) is 8.40. The van der Waals surface area contributed by atoms with Gasteiger partial charge >= 0.3 is 0 Å². The molecule has 0 aliphatic rings. The highest BCUT2D eigenvalue weighted by Gasteiger charge is 2.18. The molecule has 0 fully saturated rings. The van der Waals surface area contributed by atoms with Crippen molar-refractivity contribution in [1.29, 1.82) is 0 Å². The number of thiazole rings is 1. The van der Waals surface area contributed by atoms with E-state index in [1.807, 2.05) is 0 Å². The van der Waals surface area contributed by atoms with E-state index in [1.165, 1.54) is 35.6 Å². The normalized spacial score (nSPS) is 12.6. The monoisotopic (exact) mass is 433 g/mol. The maximum atomic E-state index is 13.0. The number of hydrogen-bond acceptors (Lipinski definition) is 5. The van der Waals surface area contributed by atoms with Gasteiger partial charge in [-0.1, -0.05) is 24.3 Å². The minimum atomic E-state index is -3.76. The quantitative estimate of drug-likeness (QED) is 0.622. The minimum absolute atomic E-state index is 0.0171. The maximum Gasteiger partial charge on any atom is 0.263 e. The number of benzene rings is 2. The Hall–Kier alpha value is -2.62. The molecule has 9 heteroatoms. The van der Waals surface area contributed by atoms with Gasteiger partial charge in [-0.3, -0.25) is 4.79 Å². The summed E-state index contributed by atoms with van der Waals surface area (Å²) >= 11 is 1.30. The van der Waals surface area contributed by atoms with Crippen molar-refractivity contribution < 1.29 is 17.6 Å². The van der Waals surface area contributed by atoms with Crippen LogP contribution in [-0.4, -0.2) is 19.3 Å². The van der Waals surface area contributed by atoms with Gasteiger partial charge in [-0.2, -0.15) is 0 Å². The molecule has 0 bridgehead atoms. The van der Waals surface area contributed by atoms with Crippen LogP contribution in [0.3, 0.4) is 0 Å². The molecular formula is C20H20FN3O3S2. The van der Waals surface area contributed by atoms with E-state index in [0.29, 0.717) is 17.0 Å². The number of nitrogens with two attached hydrogens (primary N) is 1. The Labute approximate surface area is 172 Å². The van der Waals surface area contributed by atoms with Gasteiger partial charge in [0.2, 0.25) is 10.0 Å². The summed E-state index contributed by atoms with van der Waals surface area (Å²) in [6.45, 7) is 3.57. The predicted octanol–water partition coefficient (Wildman–Crippen LogP) is 3.32. The van der Waals surface area contributed by atoms with E-state index < -0.39 is 10.0 Å². The maximum absolute atomic E-state index is 13.0. The van der Waals surface area contributed by atoms with Gasteiger partial charge in [0.05, 0.1) is 21.6 Å². The Kier molecular flexibility index (Phi) is 6.11. The van der Waals surface area contributed by atoms with Crippen LogP contribution in [0.2, 0.25) is 0 Å². The third-order valence-electron chi connectivity index (χ3n) is 4.37. The van der Waals surface area contributed by atoms with Gasteiger partial charge in [0.25, 0.3) is 5.91 Å². The van der Waals surface area contributed by atoms with Crippen LogP contribution in [0.4, 0.5) is 4.39 Å². The molecule has 152 valence electrons. The molecule has 1 aromatic heterocycles. The molecule has 0 saturated heterocycles. The van der Waals surface area contributed by atoms with Crippen molar-refractivity contribution in [3.05, 3.63) is 81.1 Å². The first kappa shape index (κ1) is 21.1. The number of carbonyl (C=O) groups is 1. The molecule has 0 radical (unpaired) electrons. The number of amides is 1. The first-order chi connectivity index (χ1) is 13.6. The smallest absolute Gasteiger partial charge is 0.263 e. The van der Waals surface area contributed by atoms with Crippen LogP contribution in [0.5, 0.6) is 0 Å². The summed E-state index contributed by atoms with van der Waals surface area (Å²) in [5, 5.41) is 8.76. The molecule has 2 aromatic carbocycles. The molecule has 0 saturated carbocycles. The van der Waals surface area contributed by atoms with Gasteiger partial charge in [0.15, 0.2) is 0 Å². The Bertz CT molecular complexity index is 1120. The zero-order chi connectivity index (χ0) is 21.2. The summed E-state index contributed by atoms with van der Waals surface area (Å²) in [7, 11) is -3.76. The third-order valence-corrected chi connectivity index (χ3v) is 6.46. The third kappa shape index (κ3) is 5.26. The van der Waals surface area contributed by atoms with Crippen LogP contribution in [0.25, 0.3) is 0 Å². The molecule has 0 spiro atoms. The van der Waals surface area contributed by atoms with E-state index in [1.54, 1.807) is 38.1 Å². The van der Waals surface area contributed by atoms with Crippen molar-refractivity contribution in [3.63, 3.8) is 0 Å². The summed E-state index contributed by atoms with van der Waals surface area (Å²) in [5.41, 5.74) is 2.29. The second-order valence-corrected chi connectivity index (χ2v) is 9.28. The van der Waals surface area contributed by atoms with Crippen LogP contribution in [0.15, 0.2) is 53.4 Å². The standard InChI is InChI=1S/C20H20FN3O3S2/c1-12(15-5-9-17(10-6-15)29(22,26)27)24-20(25)19-13(2)23-18(28-19)11-14-3-7-16(21)8-4-14/h3-10,12H,11H2,1-2H3,(H,24,25)(H2,22,26,27). The topological polar surface area (TPSA) is 102 Å². The molecule has 3 aromatic rings. The number of nitrogens with zero attached hydrogens (tertiary/aromatic N) is 1. The lowest BCUT2D eigenvalue weighted by atomic mass is 10.1. The second-order valence-electron chi connectivity index (χ2n) is 6.63. The van der Waals surface area contributed by atoms with Crippen molar-refractivity contribution in [3.8, 4) is 0 Å². The Morgan fingerprint density at radius 1 is 1.17 bits per heavy atom. The molecule has 3 rings (SSSR count). The van der Waals surface area contributed by atoms with Gasteiger partial charge in [0, 0.05) is 6.42 Å². The SMILES string of the molecule is Cc1nc(Cc2ccc(F)cc2)sc1C(=O)NC(C)c1ccc(S(N)(=O)=O)cc1. The van der Waals surface area contributed by atoms with Crippen LogP contribution in [0.1, 0.15) is 44.5 Å². The molecule has 1 heterocycles. The van der Waals surface area contributed by atoms with Crippen molar-refractivity contribution in [1.82, 2.24) is 10.3 Å².